The standard InChI is InChI=1S/C21H27N5O2/c1-13(2)26-19-15(11-23-26)14(10-16(24-19)17-6-5-9-28-17)20(27)25-8-7-18(22)21(3,4)12-25/h5-6,9-11,13,18H,7-8,12,22H2,1-4H3. The Kier molecular flexibility index (Phi) is 4.50. The predicted molar refractivity (Wildman–Crippen MR) is 108 cm³/mol. The molecule has 0 bridgehead atoms. The van der Waals surface area contributed by atoms with Crippen molar-refractivity contribution < 1.29 is 9.21 Å². The Morgan fingerprint density at radius 3 is 2.82 bits per heavy atom. The van der Waals surface area contributed by atoms with Gasteiger partial charge in [-0.3, -0.25) is 4.79 Å². The molecule has 3 aromatic heterocycles. The summed E-state index contributed by atoms with van der Waals surface area (Å²) in [6, 6.07) is 5.71. The zero-order valence-corrected chi connectivity index (χ0v) is 16.8. The fourth-order valence-corrected chi connectivity index (χ4v) is 3.84. The number of carbonyl (C=O) groups excluding carboxylic acids is 1. The number of amides is 1. The Labute approximate surface area is 164 Å². The number of hydrogen-bond acceptors (Lipinski definition) is 5. The van der Waals surface area contributed by atoms with E-state index in [2.05, 4.69) is 18.9 Å². The van der Waals surface area contributed by atoms with E-state index < -0.39 is 0 Å². The minimum atomic E-state index is -0.119. The van der Waals surface area contributed by atoms with Gasteiger partial charge in [0.15, 0.2) is 11.4 Å². The monoisotopic (exact) mass is 381 g/mol. The van der Waals surface area contributed by atoms with Gasteiger partial charge in [-0.15, -0.1) is 0 Å². The van der Waals surface area contributed by atoms with Crippen molar-refractivity contribution in [2.24, 2.45) is 11.1 Å². The highest BCUT2D eigenvalue weighted by Gasteiger charge is 2.36. The molecule has 28 heavy (non-hydrogen) atoms. The third-order valence-corrected chi connectivity index (χ3v) is 5.66. The maximum atomic E-state index is 13.5. The Morgan fingerprint density at radius 2 is 2.18 bits per heavy atom. The van der Waals surface area contributed by atoms with E-state index >= 15 is 0 Å². The largest absolute Gasteiger partial charge is 0.463 e. The van der Waals surface area contributed by atoms with Gasteiger partial charge < -0.3 is 15.1 Å². The lowest BCUT2D eigenvalue weighted by molar-refractivity contribution is 0.0535. The van der Waals surface area contributed by atoms with E-state index in [1.54, 1.807) is 12.5 Å². The SMILES string of the molecule is CC(C)n1ncc2c(C(=O)N3CCC(N)C(C)(C)C3)cc(-c3ccco3)nc21. The molecule has 2 N–H and O–H groups in total. The van der Waals surface area contributed by atoms with Crippen LogP contribution >= 0.6 is 0 Å². The topological polar surface area (TPSA) is 90.2 Å². The maximum absolute atomic E-state index is 13.5. The molecule has 1 unspecified atom stereocenters. The van der Waals surface area contributed by atoms with Crippen LogP contribution in [0.15, 0.2) is 35.1 Å². The quantitative estimate of drug-likeness (QED) is 0.750. The van der Waals surface area contributed by atoms with Crippen LogP contribution in [0.3, 0.4) is 0 Å². The van der Waals surface area contributed by atoms with Gasteiger partial charge in [0.25, 0.3) is 5.91 Å². The number of rotatable bonds is 3. The Balaban J connectivity index is 1.82. The van der Waals surface area contributed by atoms with Crippen LogP contribution in [0.2, 0.25) is 0 Å². The molecule has 7 nitrogen and oxygen atoms in total. The summed E-state index contributed by atoms with van der Waals surface area (Å²) in [6.07, 6.45) is 4.14. The number of pyridine rings is 1. The van der Waals surface area contributed by atoms with Crippen LogP contribution in [-0.4, -0.2) is 44.7 Å². The molecule has 1 fully saturated rings. The van der Waals surface area contributed by atoms with Gasteiger partial charge in [0.2, 0.25) is 0 Å². The van der Waals surface area contributed by atoms with E-state index in [0.717, 1.165) is 11.8 Å². The number of aromatic nitrogens is 3. The molecule has 148 valence electrons. The normalized spacial score (nSPS) is 19.5. The summed E-state index contributed by atoms with van der Waals surface area (Å²) in [5.41, 5.74) is 8.07. The van der Waals surface area contributed by atoms with Crippen LogP contribution < -0.4 is 5.73 Å². The van der Waals surface area contributed by atoms with Crippen molar-refractivity contribution in [1.29, 1.82) is 0 Å². The van der Waals surface area contributed by atoms with Crippen molar-refractivity contribution in [3.63, 3.8) is 0 Å². The van der Waals surface area contributed by atoms with Gasteiger partial charge >= 0.3 is 0 Å². The minimum absolute atomic E-state index is 0.0107. The third-order valence-electron chi connectivity index (χ3n) is 5.66. The average molecular weight is 381 g/mol. The van der Waals surface area contributed by atoms with Gasteiger partial charge in [-0.1, -0.05) is 13.8 Å². The number of likely N-dealkylation sites (tertiary alicyclic amines) is 1. The summed E-state index contributed by atoms with van der Waals surface area (Å²) in [5, 5.41) is 5.24. The molecular formula is C21H27N5O2. The number of hydrogen-bond donors (Lipinski definition) is 1. The number of carbonyl (C=O) groups is 1. The molecule has 0 saturated carbocycles. The van der Waals surface area contributed by atoms with Crippen molar-refractivity contribution in [2.45, 2.75) is 46.2 Å². The lowest BCUT2D eigenvalue weighted by Gasteiger charge is -2.42. The number of fused-ring (bicyclic) bond motifs is 1. The van der Waals surface area contributed by atoms with Crippen LogP contribution in [0.5, 0.6) is 0 Å². The second-order valence-corrected chi connectivity index (χ2v) is 8.56. The zero-order valence-electron chi connectivity index (χ0n) is 16.8. The lowest BCUT2D eigenvalue weighted by Crippen LogP contribution is -2.54. The first-order valence-corrected chi connectivity index (χ1v) is 9.75. The molecule has 4 heterocycles. The average Bonchev–Trinajstić information content (AvgIpc) is 3.31. The van der Waals surface area contributed by atoms with Gasteiger partial charge in [0.05, 0.1) is 23.4 Å². The van der Waals surface area contributed by atoms with Crippen molar-refractivity contribution in [3.05, 3.63) is 36.2 Å². The number of nitrogens with zero attached hydrogens (tertiary/aromatic N) is 4. The highest BCUT2D eigenvalue weighted by Crippen LogP contribution is 2.31. The van der Waals surface area contributed by atoms with Crippen LogP contribution in [0.4, 0.5) is 0 Å². The van der Waals surface area contributed by atoms with E-state index in [9.17, 15) is 4.79 Å². The predicted octanol–water partition coefficient (Wildman–Crippen LogP) is 3.47. The van der Waals surface area contributed by atoms with Crippen molar-refractivity contribution in [1.82, 2.24) is 19.7 Å². The molecule has 1 aliphatic rings. The molecular weight excluding hydrogens is 354 g/mol. The second-order valence-electron chi connectivity index (χ2n) is 8.56. The maximum Gasteiger partial charge on any atom is 0.254 e. The fraction of sp³-hybridized carbons (Fsp3) is 0.476. The van der Waals surface area contributed by atoms with Crippen molar-refractivity contribution in [2.75, 3.05) is 13.1 Å². The van der Waals surface area contributed by atoms with Gasteiger partial charge in [-0.25, -0.2) is 9.67 Å². The fourth-order valence-electron chi connectivity index (χ4n) is 3.84. The van der Waals surface area contributed by atoms with E-state index in [-0.39, 0.29) is 23.4 Å². The molecule has 0 radical (unpaired) electrons. The summed E-state index contributed by atoms with van der Waals surface area (Å²) >= 11 is 0. The Bertz CT molecular complexity index is 1000. The van der Waals surface area contributed by atoms with Crippen LogP contribution in [0, 0.1) is 5.41 Å². The highest BCUT2D eigenvalue weighted by molar-refractivity contribution is 6.06. The highest BCUT2D eigenvalue weighted by atomic mass is 16.3. The van der Waals surface area contributed by atoms with Gasteiger partial charge in [0, 0.05) is 25.2 Å². The van der Waals surface area contributed by atoms with Crippen LogP contribution in [0.1, 0.15) is 50.5 Å². The first-order chi connectivity index (χ1) is 13.3. The van der Waals surface area contributed by atoms with E-state index in [1.807, 2.05) is 41.6 Å². The molecule has 1 amide bonds. The summed E-state index contributed by atoms with van der Waals surface area (Å²) in [7, 11) is 0. The summed E-state index contributed by atoms with van der Waals surface area (Å²) in [4.78, 5) is 20.1. The zero-order chi connectivity index (χ0) is 20.1. The molecule has 3 aromatic rings. The molecule has 1 atom stereocenters. The summed E-state index contributed by atoms with van der Waals surface area (Å²) in [5.74, 6) is 0.622. The molecule has 0 spiro atoms. The van der Waals surface area contributed by atoms with Crippen LogP contribution in [0.25, 0.3) is 22.5 Å². The first kappa shape index (κ1) is 18.7. The van der Waals surface area contributed by atoms with Crippen molar-refractivity contribution in [3.8, 4) is 11.5 Å². The molecule has 0 aromatic carbocycles. The van der Waals surface area contributed by atoms with E-state index in [4.69, 9.17) is 15.1 Å². The summed E-state index contributed by atoms with van der Waals surface area (Å²) in [6.45, 7) is 9.61. The Hall–Kier alpha value is -2.67. The first-order valence-electron chi connectivity index (χ1n) is 9.75. The Morgan fingerprint density at radius 1 is 1.39 bits per heavy atom. The second kappa shape index (κ2) is 6.74. The number of nitrogens with two attached hydrogens (primary N) is 1. The molecule has 4 rings (SSSR count). The lowest BCUT2D eigenvalue weighted by atomic mass is 9.79. The van der Waals surface area contributed by atoms with Crippen molar-refractivity contribution >= 4 is 16.9 Å². The molecule has 7 heteroatoms. The van der Waals surface area contributed by atoms with Crippen LogP contribution in [-0.2, 0) is 0 Å². The molecule has 1 saturated heterocycles. The smallest absolute Gasteiger partial charge is 0.254 e. The van der Waals surface area contributed by atoms with Gasteiger partial charge in [-0.05, 0) is 43.9 Å². The van der Waals surface area contributed by atoms with Gasteiger partial charge in [0.1, 0.15) is 5.69 Å². The minimum Gasteiger partial charge on any atom is -0.463 e. The molecule has 0 aliphatic carbocycles. The summed E-state index contributed by atoms with van der Waals surface area (Å²) < 4.78 is 7.38. The van der Waals surface area contributed by atoms with E-state index in [0.29, 0.717) is 35.8 Å². The molecule has 1 aliphatic heterocycles. The van der Waals surface area contributed by atoms with Gasteiger partial charge in [-0.2, -0.15) is 5.10 Å². The van der Waals surface area contributed by atoms with E-state index in [1.165, 1.54) is 0 Å². The number of piperidine rings is 1. The number of furan rings is 1. The third kappa shape index (κ3) is 3.09.